The fourth-order valence-corrected chi connectivity index (χ4v) is 4.92. The Morgan fingerprint density at radius 3 is 2.62 bits per heavy atom. The molecule has 1 aromatic carbocycles. The first-order valence-electron chi connectivity index (χ1n) is 6.97. The highest BCUT2D eigenvalue weighted by molar-refractivity contribution is 7.89. The van der Waals surface area contributed by atoms with Gasteiger partial charge >= 0.3 is 0 Å². The van der Waals surface area contributed by atoms with Crippen LogP contribution in [0.15, 0.2) is 29.2 Å². The summed E-state index contributed by atoms with van der Waals surface area (Å²) >= 11 is 0. The first-order valence-corrected chi connectivity index (χ1v) is 8.41. The fraction of sp³-hybridized carbons (Fsp3) is 0.538. The lowest BCUT2D eigenvalue weighted by Crippen LogP contribution is -2.48. The minimum Gasteiger partial charge on any atom is -0.315 e. The smallest absolute Gasteiger partial charge is 0.269 e. The largest absolute Gasteiger partial charge is 0.315 e. The Morgan fingerprint density at radius 2 is 1.95 bits per heavy atom. The topological polar surface area (TPSA) is 92.5 Å². The van der Waals surface area contributed by atoms with Gasteiger partial charge in [0.25, 0.3) is 5.69 Å². The molecule has 0 amide bonds. The van der Waals surface area contributed by atoms with E-state index >= 15 is 0 Å². The highest BCUT2D eigenvalue weighted by Gasteiger charge is 2.41. The highest BCUT2D eigenvalue weighted by Crippen LogP contribution is 2.31. The molecule has 7 nitrogen and oxygen atoms in total. The van der Waals surface area contributed by atoms with Crippen molar-refractivity contribution >= 4 is 15.7 Å². The van der Waals surface area contributed by atoms with E-state index in [-0.39, 0.29) is 16.6 Å². The van der Waals surface area contributed by atoms with Gasteiger partial charge in [-0.25, -0.2) is 8.42 Å². The maximum atomic E-state index is 12.7. The third kappa shape index (κ3) is 2.54. The van der Waals surface area contributed by atoms with E-state index in [0.29, 0.717) is 19.0 Å². The van der Waals surface area contributed by atoms with Gasteiger partial charge in [-0.05, 0) is 37.4 Å². The van der Waals surface area contributed by atoms with Gasteiger partial charge in [-0.15, -0.1) is 0 Å². The first-order chi connectivity index (χ1) is 10.00. The summed E-state index contributed by atoms with van der Waals surface area (Å²) in [5.74, 6) is 0.367. The minimum atomic E-state index is -3.59. The van der Waals surface area contributed by atoms with Crippen LogP contribution in [0.5, 0.6) is 0 Å². The summed E-state index contributed by atoms with van der Waals surface area (Å²) in [6.07, 6.45) is 1.90. The fourth-order valence-electron chi connectivity index (χ4n) is 3.20. The zero-order chi connectivity index (χ0) is 15.0. The molecule has 2 heterocycles. The molecule has 3 rings (SSSR count). The van der Waals surface area contributed by atoms with Crippen molar-refractivity contribution in [3.8, 4) is 0 Å². The Labute approximate surface area is 123 Å². The zero-order valence-electron chi connectivity index (χ0n) is 11.4. The normalized spacial score (nSPS) is 26.5. The van der Waals surface area contributed by atoms with Crippen molar-refractivity contribution in [2.24, 2.45) is 5.92 Å². The van der Waals surface area contributed by atoms with Gasteiger partial charge in [0, 0.05) is 31.3 Å². The predicted molar refractivity (Wildman–Crippen MR) is 76.4 cm³/mol. The second-order valence-corrected chi connectivity index (χ2v) is 7.39. The number of non-ortho nitro benzene ring substituents is 1. The summed E-state index contributed by atoms with van der Waals surface area (Å²) in [4.78, 5) is 10.2. The van der Waals surface area contributed by atoms with E-state index < -0.39 is 14.9 Å². The van der Waals surface area contributed by atoms with E-state index in [9.17, 15) is 18.5 Å². The Bertz CT molecular complexity index is 644. The molecule has 8 heteroatoms. The quantitative estimate of drug-likeness (QED) is 0.663. The Balaban J connectivity index is 1.90. The van der Waals surface area contributed by atoms with E-state index in [1.165, 1.54) is 24.3 Å². The number of hydrogen-bond acceptors (Lipinski definition) is 5. The third-order valence-electron chi connectivity index (χ3n) is 4.28. The van der Waals surface area contributed by atoms with Crippen LogP contribution in [0, 0.1) is 16.0 Å². The number of hydrogen-bond donors (Lipinski definition) is 1. The van der Waals surface area contributed by atoms with E-state index in [1.54, 1.807) is 4.31 Å². The number of benzene rings is 1. The standard InChI is InChI=1S/C13H17N3O4S/c17-16(18)11-3-5-12(6-4-11)21(19,20)15-7-1-2-10-8-14-9-13(10)15/h3-6,10,13-14H,1-2,7-9H2/t10-,13+/m0/s1. The summed E-state index contributed by atoms with van der Waals surface area (Å²) in [5, 5.41) is 13.9. The summed E-state index contributed by atoms with van der Waals surface area (Å²) in [5.41, 5.74) is -0.104. The maximum absolute atomic E-state index is 12.7. The van der Waals surface area contributed by atoms with E-state index in [4.69, 9.17) is 0 Å². The van der Waals surface area contributed by atoms with Crippen molar-refractivity contribution in [1.82, 2.24) is 9.62 Å². The van der Waals surface area contributed by atoms with Crippen LogP contribution < -0.4 is 5.32 Å². The van der Waals surface area contributed by atoms with Crippen LogP contribution in [-0.2, 0) is 10.0 Å². The lowest BCUT2D eigenvalue weighted by atomic mass is 9.94. The second kappa shape index (κ2) is 5.36. The molecule has 0 spiro atoms. The molecule has 114 valence electrons. The van der Waals surface area contributed by atoms with Gasteiger partial charge in [-0.1, -0.05) is 0 Å². The SMILES string of the molecule is O=[N+]([O-])c1ccc(S(=O)(=O)N2CCC[C@H]3CNC[C@H]32)cc1. The van der Waals surface area contributed by atoms with Crippen molar-refractivity contribution in [2.75, 3.05) is 19.6 Å². The number of fused-ring (bicyclic) bond motifs is 1. The van der Waals surface area contributed by atoms with Crippen LogP contribution in [0.25, 0.3) is 0 Å². The molecule has 0 unspecified atom stereocenters. The van der Waals surface area contributed by atoms with Crippen molar-refractivity contribution in [1.29, 1.82) is 0 Å². The lowest BCUT2D eigenvalue weighted by Gasteiger charge is -2.35. The van der Waals surface area contributed by atoms with Crippen LogP contribution in [0.1, 0.15) is 12.8 Å². The van der Waals surface area contributed by atoms with Crippen LogP contribution in [0.2, 0.25) is 0 Å². The van der Waals surface area contributed by atoms with Crippen LogP contribution in [0.4, 0.5) is 5.69 Å². The molecular formula is C13H17N3O4S. The molecule has 21 heavy (non-hydrogen) atoms. The number of sulfonamides is 1. The molecule has 0 bridgehead atoms. The van der Waals surface area contributed by atoms with Gasteiger partial charge in [-0.3, -0.25) is 10.1 Å². The Morgan fingerprint density at radius 1 is 1.24 bits per heavy atom. The number of rotatable bonds is 3. The predicted octanol–water partition coefficient (Wildman–Crippen LogP) is 0.967. The van der Waals surface area contributed by atoms with Crippen molar-refractivity contribution in [2.45, 2.75) is 23.8 Å². The molecule has 2 aliphatic heterocycles. The molecule has 2 aliphatic rings. The average molecular weight is 311 g/mol. The Hall–Kier alpha value is -1.51. The van der Waals surface area contributed by atoms with E-state index in [0.717, 1.165) is 19.4 Å². The van der Waals surface area contributed by atoms with Gasteiger partial charge in [0.05, 0.1) is 9.82 Å². The van der Waals surface area contributed by atoms with Gasteiger partial charge in [0.1, 0.15) is 0 Å². The number of nitrogens with one attached hydrogen (secondary N) is 1. The third-order valence-corrected chi connectivity index (χ3v) is 6.22. The zero-order valence-corrected chi connectivity index (χ0v) is 12.3. The molecule has 2 fully saturated rings. The first kappa shape index (κ1) is 14.4. The molecule has 2 atom stereocenters. The number of nitrogens with zero attached hydrogens (tertiary/aromatic N) is 2. The summed E-state index contributed by atoms with van der Waals surface area (Å²) < 4.78 is 27.0. The number of nitro groups is 1. The van der Waals surface area contributed by atoms with Crippen molar-refractivity contribution < 1.29 is 13.3 Å². The molecule has 0 radical (unpaired) electrons. The minimum absolute atomic E-state index is 0.000980. The summed E-state index contributed by atoms with van der Waals surface area (Å²) in [6.45, 7) is 2.05. The van der Waals surface area contributed by atoms with Crippen LogP contribution in [0.3, 0.4) is 0 Å². The molecule has 0 aliphatic carbocycles. The average Bonchev–Trinajstić information content (AvgIpc) is 2.95. The Kier molecular flexibility index (Phi) is 3.68. The molecule has 1 aromatic rings. The maximum Gasteiger partial charge on any atom is 0.269 e. The molecule has 1 N–H and O–H groups in total. The second-order valence-electron chi connectivity index (χ2n) is 5.49. The summed E-state index contributed by atoms with van der Waals surface area (Å²) in [7, 11) is -3.59. The van der Waals surface area contributed by atoms with Gasteiger partial charge < -0.3 is 5.32 Å². The molecule has 2 saturated heterocycles. The van der Waals surface area contributed by atoms with E-state index in [2.05, 4.69) is 5.32 Å². The monoisotopic (exact) mass is 311 g/mol. The van der Waals surface area contributed by atoms with Gasteiger partial charge in [-0.2, -0.15) is 4.31 Å². The van der Waals surface area contributed by atoms with Crippen LogP contribution >= 0.6 is 0 Å². The van der Waals surface area contributed by atoms with Gasteiger partial charge in [0.15, 0.2) is 0 Å². The van der Waals surface area contributed by atoms with Crippen LogP contribution in [-0.4, -0.2) is 43.3 Å². The van der Waals surface area contributed by atoms with Crippen molar-refractivity contribution in [3.63, 3.8) is 0 Å². The highest BCUT2D eigenvalue weighted by atomic mass is 32.2. The van der Waals surface area contributed by atoms with Gasteiger partial charge in [0.2, 0.25) is 10.0 Å². The molecule has 0 saturated carbocycles. The van der Waals surface area contributed by atoms with Crippen molar-refractivity contribution in [3.05, 3.63) is 34.4 Å². The lowest BCUT2D eigenvalue weighted by molar-refractivity contribution is -0.384. The molecular weight excluding hydrogens is 294 g/mol. The molecule has 0 aromatic heterocycles. The number of nitro benzene ring substituents is 1. The van der Waals surface area contributed by atoms with E-state index in [1.807, 2.05) is 0 Å². The number of piperidine rings is 1. The summed E-state index contributed by atoms with van der Waals surface area (Å²) in [6, 6.07) is 5.11.